The second-order valence-corrected chi connectivity index (χ2v) is 3.12. The van der Waals surface area contributed by atoms with E-state index in [2.05, 4.69) is 26.3 Å². The number of nitrogens with zero attached hydrogens (tertiary/aromatic N) is 2. The van der Waals surface area contributed by atoms with Crippen molar-refractivity contribution in [3.8, 4) is 11.4 Å². The summed E-state index contributed by atoms with van der Waals surface area (Å²) in [6.45, 7) is 0. The highest BCUT2D eigenvalue weighted by atomic mass is 16.5. The Hall–Kier alpha value is -2.57. The van der Waals surface area contributed by atoms with Gasteiger partial charge in [0.15, 0.2) is 0 Å². The lowest BCUT2D eigenvalue weighted by molar-refractivity contribution is 0.244. The number of hydrazine groups is 1. The molecule has 7 nitrogen and oxygen atoms in total. The van der Waals surface area contributed by atoms with E-state index in [1.54, 1.807) is 0 Å². The SMILES string of the molecule is CNC(=O)NNc1nc(-c2ccccc2)no1. The van der Waals surface area contributed by atoms with Gasteiger partial charge in [-0.25, -0.2) is 15.6 Å². The van der Waals surface area contributed by atoms with Crippen molar-refractivity contribution in [2.45, 2.75) is 0 Å². The normalized spacial score (nSPS) is 9.71. The van der Waals surface area contributed by atoms with Crippen molar-refractivity contribution in [1.82, 2.24) is 20.9 Å². The minimum Gasteiger partial charge on any atom is -0.340 e. The predicted molar refractivity (Wildman–Crippen MR) is 60.9 cm³/mol. The van der Waals surface area contributed by atoms with Crippen molar-refractivity contribution in [2.24, 2.45) is 0 Å². The zero-order valence-corrected chi connectivity index (χ0v) is 9.10. The number of anilines is 1. The number of amides is 2. The fourth-order valence-electron chi connectivity index (χ4n) is 1.15. The second kappa shape index (κ2) is 4.97. The number of nitrogens with one attached hydrogen (secondary N) is 3. The number of carbonyl (C=O) groups is 1. The fraction of sp³-hybridized carbons (Fsp3) is 0.100. The van der Waals surface area contributed by atoms with Gasteiger partial charge >= 0.3 is 12.0 Å². The van der Waals surface area contributed by atoms with E-state index in [1.807, 2.05) is 30.3 Å². The van der Waals surface area contributed by atoms with E-state index in [9.17, 15) is 4.79 Å². The molecule has 2 aromatic rings. The zero-order chi connectivity index (χ0) is 12.1. The largest absolute Gasteiger partial charge is 0.340 e. The van der Waals surface area contributed by atoms with Gasteiger partial charge in [0.05, 0.1) is 0 Å². The maximum Gasteiger partial charge on any atom is 0.340 e. The molecule has 0 radical (unpaired) electrons. The average Bonchev–Trinajstić information content (AvgIpc) is 2.86. The number of carbonyl (C=O) groups excluding carboxylic acids is 1. The summed E-state index contributed by atoms with van der Waals surface area (Å²) in [5, 5.41) is 6.14. The molecular formula is C10H11N5O2. The highest BCUT2D eigenvalue weighted by Gasteiger charge is 2.07. The summed E-state index contributed by atoms with van der Waals surface area (Å²) in [6, 6.07) is 9.10. The first-order valence-electron chi connectivity index (χ1n) is 4.92. The third-order valence-electron chi connectivity index (χ3n) is 1.97. The third kappa shape index (κ3) is 2.71. The van der Waals surface area contributed by atoms with Gasteiger partial charge in [-0.15, -0.1) is 0 Å². The first-order valence-corrected chi connectivity index (χ1v) is 4.92. The summed E-state index contributed by atoms with van der Waals surface area (Å²) in [6.07, 6.45) is 0. The molecule has 88 valence electrons. The molecule has 7 heteroatoms. The van der Waals surface area contributed by atoms with Crippen LogP contribution in [0.2, 0.25) is 0 Å². The summed E-state index contributed by atoms with van der Waals surface area (Å²) in [7, 11) is 1.50. The van der Waals surface area contributed by atoms with Crippen LogP contribution in [0.15, 0.2) is 34.9 Å². The molecule has 0 aliphatic heterocycles. The molecule has 0 spiro atoms. The molecule has 0 unspecified atom stereocenters. The molecule has 3 N–H and O–H groups in total. The molecule has 0 aliphatic carbocycles. The second-order valence-electron chi connectivity index (χ2n) is 3.12. The summed E-state index contributed by atoms with van der Waals surface area (Å²) < 4.78 is 4.90. The topological polar surface area (TPSA) is 92.1 Å². The van der Waals surface area contributed by atoms with Gasteiger partial charge in [-0.3, -0.25) is 0 Å². The van der Waals surface area contributed by atoms with Gasteiger partial charge in [0.25, 0.3) is 0 Å². The van der Waals surface area contributed by atoms with E-state index in [1.165, 1.54) is 7.05 Å². The van der Waals surface area contributed by atoms with E-state index < -0.39 is 6.03 Å². The van der Waals surface area contributed by atoms with E-state index >= 15 is 0 Å². The Balaban J connectivity index is 2.04. The lowest BCUT2D eigenvalue weighted by atomic mass is 10.2. The van der Waals surface area contributed by atoms with E-state index in [-0.39, 0.29) is 6.01 Å². The number of rotatable bonds is 3. The molecule has 2 amide bonds. The van der Waals surface area contributed by atoms with Crippen molar-refractivity contribution in [3.63, 3.8) is 0 Å². The van der Waals surface area contributed by atoms with Crippen LogP contribution in [0.25, 0.3) is 11.4 Å². The van der Waals surface area contributed by atoms with Crippen molar-refractivity contribution >= 4 is 12.0 Å². The molecule has 1 heterocycles. The van der Waals surface area contributed by atoms with E-state index in [0.29, 0.717) is 5.82 Å². The quantitative estimate of drug-likeness (QED) is 0.687. The molecule has 0 atom stereocenters. The highest BCUT2D eigenvalue weighted by Crippen LogP contribution is 2.16. The number of benzene rings is 1. The fourth-order valence-corrected chi connectivity index (χ4v) is 1.15. The van der Waals surface area contributed by atoms with Crippen LogP contribution in [-0.4, -0.2) is 23.2 Å². The van der Waals surface area contributed by atoms with Gasteiger partial charge in [-0.05, 0) is 0 Å². The Labute approximate surface area is 97.2 Å². The van der Waals surface area contributed by atoms with Crippen LogP contribution in [0.3, 0.4) is 0 Å². The van der Waals surface area contributed by atoms with Crippen LogP contribution in [-0.2, 0) is 0 Å². The Kier molecular flexibility index (Phi) is 3.20. The van der Waals surface area contributed by atoms with Gasteiger partial charge < -0.3 is 9.84 Å². The standard InChI is InChI=1S/C10H11N5O2/c1-11-9(16)13-14-10-12-8(15-17-10)7-5-3-2-4-6-7/h2-6H,1H3,(H2,11,13,16)(H,12,14,15). The van der Waals surface area contributed by atoms with Crippen molar-refractivity contribution in [3.05, 3.63) is 30.3 Å². The van der Waals surface area contributed by atoms with Crippen LogP contribution in [0.1, 0.15) is 0 Å². The van der Waals surface area contributed by atoms with Gasteiger partial charge in [-0.2, -0.15) is 4.98 Å². The average molecular weight is 233 g/mol. The summed E-state index contributed by atoms with van der Waals surface area (Å²) in [4.78, 5) is 14.9. The molecule has 0 fully saturated rings. The minimum absolute atomic E-state index is 0.118. The summed E-state index contributed by atoms with van der Waals surface area (Å²) in [5.41, 5.74) is 5.64. The molecule has 17 heavy (non-hydrogen) atoms. The van der Waals surface area contributed by atoms with Crippen LogP contribution in [0.4, 0.5) is 10.8 Å². The van der Waals surface area contributed by atoms with E-state index in [4.69, 9.17) is 4.52 Å². The molecule has 2 rings (SSSR count). The maximum absolute atomic E-state index is 10.9. The Morgan fingerprint density at radius 2 is 2.06 bits per heavy atom. The summed E-state index contributed by atoms with van der Waals surface area (Å²) >= 11 is 0. The molecule has 0 aliphatic rings. The van der Waals surface area contributed by atoms with Crippen molar-refractivity contribution in [2.75, 3.05) is 12.5 Å². The molecule has 0 saturated heterocycles. The smallest absolute Gasteiger partial charge is 0.340 e. The number of aromatic nitrogens is 2. The van der Waals surface area contributed by atoms with Crippen LogP contribution >= 0.6 is 0 Å². The third-order valence-corrected chi connectivity index (χ3v) is 1.97. The molecule has 1 aromatic heterocycles. The van der Waals surface area contributed by atoms with Crippen LogP contribution < -0.4 is 16.2 Å². The van der Waals surface area contributed by atoms with Gasteiger partial charge in [0.2, 0.25) is 5.82 Å². The lowest BCUT2D eigenvalue weighted by Crippen LogP contribution is -2.36. The lowest BCUT2D eigenvalue weighted by Gasteiger charge is -2.01. The maximum atomic E-state index is 10.9. The van der Waals surface area contributed by atoms with Crippen molar-refractivity contribution in [1.29, 1.82) is 0 Å². The molecule has 0 saturated carbocycles. The Morgan fingerprint density at radius 3 is 2.76 bits per heavy atom. The summed E-state index contributed by atoms with van der Waals surface area (Å²) in [5.74, 6) is 0.451. The first-order chi connectivity index (χ1) is 8.29. The molecule has 0 bridgehead atoms. The zero-order valence-electron chi connectivity index (χ0n) is 9.10. The van der Waals surface area contributed by atoms with Gasteiger partial charge in [0.1, 0.15) is 0 Å². The predicted octanol–water partition coefficient (Wildman–Crippen LogP) is 0.992. The number of hydrogen-bond acceptors (Lipinski definition) is 5. The number of hydrogen-bond donors (Lipinski definition) is 3. The monoisotopic (exact) mass is 233 g/mol. The van der Waals surface area contributed by atoms with Crippen LogP contribution in [0, 0.1) is 0 Å². The minimum atomic E-state index is -0.399. The van der Waals surface area contributed by atoms with Gasteiger partial charge in [0, 0.05) is 12.6 Å². The molecular weight excluding hydrogens is 222 g/mol. The number of urea groups is 1. The Bertz CT molecular complexity index is 496. The van der Waals surface area contributed by atoms with E-state index in [0.717, 1.165) is 5.56 Å². The highest BCUT2D eigenvalue weighted by molar-refractivity contribution is 5.74. The van der Waals surface area contributed by atoms with Crippen molar-refractivity contribution < 1.29 is 9.32 Å². The van der Waals surface area contributed by atoms with Crippen LogP contribution in [0.5, 0.6) is 0 Å². The first kappa shape index (κ1) is 10.9. The molecule has 1 aromatic carbocycles. The van der Waals surface area contributed by atoms with Gasteiger partial charge in [-0.1, -0.05) is 35.5 Å². The Morgan fingerprint density at radius 1 is 1.29 bits per heavy atom.